The predicted octanol–water partition coefficient (Wildman–Crippen LogP) is 4.50. The lowest BCUT2D eigenvalue weighted by Gasteiger charge is -2.26. The summed E-state index contributed by atoms with van der Waals surface area (Å²) in [5.74, 6) is 1.55. The lowest BCUT2D eigenvalue weighted by Crippen LogP contribution is -2.35. The highest BCUT2D eigenvalue weighted by Crippen LogP contribution is 2.25. The van der Waals surface area contributed by atoms with E-state index < -0.39 is 0 Å². The Labute approximate surface area is 135 Å². The standard InChI is InChI=1S/C17H30ClN3/c1-7-13(3)12-21(8-2)16-15(18)9-14(10-19-16)11-20-17(4,5)6/h9-10,13,20H,7-8,11-12H2,1-6H3. The first-order valence-corrected chi connectivity index (χ1v) is 8.29. The summed E-state index contributed by atoms with van der Waals surface area (Å²) in [5, 5.41) is 4.20. The lowest BCUT2D eigenvalue weighted by atomic mass is 10.1. The molecule has 0 spiro atoms. The Morgan fingerprint density at radius 3 is 2.48 bits per heavy atom. The van der Waals surface area contributed by atoms with E-state index in [9.17, 15) is 0 Å². The zero-order chi connectivity index (χ0) is 16.0. The van der Waals surface area contributed by atoms with Gasteiger partial charge in [-0.25, -0.2) is 4.98 Å². The van der Waals surface area contributed by atoms with E-state index in [1.165, 1.54) is 6.42 Å². The average molecular weight is 312 g/mol. The molecule has 0 aliphatic heterocycles. The number of rotatable bonds is 7. The van der Waals surface area contributed by atoms with Crippen molar-refractivity contribution >= 4 is 17.4 Å². The van der Waals surface area contributed by atoms with Gasteiger partial charge in [-0.15, -0.1) is 0 Å². The summed E-state index contributed by atoms with van der Waals surface area (Å²) >= 11 is 6.45. The summed E-state index contributed by atoms with van der Waals surface area (Å²) in [6, 6.07) is 2.03. The van der Waals surface area contributed by atoms with Gasteiger partial charge in [-0.2, -0.15) is 0 Å². The first kappa shape index (κ1) is 18.2. The second-order valence-corrected chi connectivity index (χ2v) is 7.21. The highest BCUT2D eigenvalue weighted by Gasteiger charge is 2.14. The van der Waals surface area contributed by atoms with Crippen LogP contribution in [0.25, 0.3) is 0 Å². The normalized spacial score (nSPS) is 13.3. The molecule has 0 radical (unpaired) electrons. The van der Waals surface area contributed by atoms with Crippen molar-refractivity contribution in [1.82, 2.24) is 10.3 Å². The van der Waals surface area contributed by atoms with Crippen LogP contribution in [0.5, 0.6) is 0 Å². The van der Waals surface area contributed by atoms with Crippen LogP contribution in [0.1, 0.15) is 53.5 Å². The smallest absolute Gasteiger partial charge is 0.147 e. The summed E-state index contributed by atoms with van der Waals surface area (Å²) < 4.78 is 0. The van der Waals surface area contributed by atoms with Gasteiger partial charge in [0.15, 0.2) is 0 Å². The Balaban J connectivity index is 2.81. The molecule has 0 saturated heterocycles. The van der Waals surface area contributed by atoms with Gasteiger partial charge in [0.2, 0.25) is 0 Å². The van der Waals surface area contributed by atoms with Gasteiger partial charge < -0.3 is 10.2 Å². The molecule has 0 amide bonds. The molecule has 21 heavy (non-hydrogen) atoms. The van der Waals surface area contributed by atoms with Gasteiger partial charge in [-0.3, -0.25) is 0 Å². The molecule has 0 aliphatic carbocycles. The van der Waals surface area contributed by atoms with E-state index in [-0.39, 0.29) is 5.54 Å². The molecular weight excluding hydrogens is 282 g/mol. The largest absolute Gasteiger partial charge is 0.355 e. The molecule has 1 aromatic heterocycles. The SMILES string of the molecule is CCC(C)CN(CC)c1ncc(CNC(C)(C)C)cc1Cl. The third-order valence-electron chi connectivity index (χ3n) is 3.61. The van der Waals surface area contributed by atoms with Crippen LogP contribution in [-0.2, 0) is 6.54 Å². The second-order valence-electron chi connectivity index (χ2n) is 6.80. The molecule has 1 unspecified atom stereocenters. The quantitative estimate of drug-likeness (QED) is 0.804. The molecule has 1 aromatic rings. The summed E-state index contributed by atoms with van der Waals surface area (Å²) in [5.41, 5.74) is 1.22. The van der Waals surface area contributed by atoms with Gasteiger partial charge >= 0.3 is 0 Å². The molecule has 1 rings (SSSR count). The van der Waals surface area contributed by atoms with E-state index in [0.29, 0.717) is 5.92 Å². The second kappa shape index (κ2) is 8.00. The van der Waals surface area contributed by atoms with Gasteiger partial charge in [0.25, 0.3) is 0 Å². The highest BCUT2D eigenvalue weighted by molar-refractivity contribution is 6.33. The van der Waals surface area contributed by atoms with E-state index in [2.05, 4.69) is 56.7 Å². The van der Waals surface area contributed by atoms with Crippen molar-refractivity contribution in [2.75, 3.05) is 18.0 Å². The molecule has 0 fully saturated rings. The van der Waals surface area contributed by atoms with Crippen molar-refractivity contribution in [3.8, 4) is 0 Å². The van der Waals surface area contributed by atoms with Crippen molar-refractivity contribution in [1.29, 1.82) is 0 Å². The summed E-state index contributed by atoms with van der Waals surface area (Å²) in [7, 11) is 0. The Kier molecular flexibility index (Phi) is 6.95. The van der Waals surface area contributed by atoms with Crippen LogP contribution in [-0.4, -0.2) is 23.6 Å². The molecule has 0 aromatic carbocycles. The van der Waals surface area contributed by atoms with Gasteiger partial charge in [0.1, 0.15) is 5.82 Å². The molecule has 0 bridgehead atoms. The summed E-state index contributed by atoms with van der Waals surface area (Å²) in [6.45, 7) is 15.8. The van der Waals surface area contributed by atoms with Crippen LogP contribution in [0.4, 0.5) is 5.82 Å². The Hall–Kier alpha value is -0.800. The molecule has 0 aliphatic rings. The fraction of sp³-hybridized carbons (Fsp3) is 0.706. The number of nitrogens with one attached hydrogen (secondary N) is 1. The first-order chi connectivity index (χ1) is 9.76. The molecule has 3 nitrogen and oxygen atoms in total. The number of pyridine rings is 1. The summed E-state index contributed by atoms with van der Waals surface area (Å²) in [4.78, 5) is 6.85. The summed E-state index contributed by atoms with van der Waals surface area (Å²) in [6.07, 6.45) is 3.10. The van der Waals surface area contributed by atoms with E-state index in [1.54, 1.807) is 0 Å². The van der Waals surface area contributed by atoms with Crippen LogP contribution in [0, 0.1) is 5.92 Å². The minimum atomic E-state index is 0.0944. The van der Waals surface area contributed by atoms with Crippen molar-refractivity contribution in [2.45, 2.75) is 60.0 Å². The maximum atomic E-state index is 6.45. The van der Waals surface area contributed by atoms with Gasteiger partial charge in [0, 0.05) is 31.4 Å². The van der Waals surface area contributed by atoms with Crippen molar-refractivity contribution in [3.63, 3.8) is 0 Å². The number of nitrogens with zero attached hydrogens (tertiary/aromatic N) is 2. The predicted molar refractivity (Wildman–Crippen MR) is 93.2 cm³/mol. The van der Waals surface area contributed by atoms with E-state index in [1.807, 2.05) is 12.3 Å². The number of hydrogen-bond acceptors (Lipinski definition) is 3. The Morgan fingerprint density at radius 2 is 2.00 bits per heavy atom. The van der Waals surface area contributed by atoms with E-state index >= 15 is 0 Å². The monoisotopic (exact) mass is 311 g/mol. The molecule has 4 heteroatoms. The van der Waals surface area contributed by atoms with Crippen LogP contribution in [0.15, 0.2) is 12.3 Å². The highest BCUT2D eigenvalue weighted by atomic mass is 35.5. The maximum absolute atomic E-state index is 6.45. The lowest BCUT2D eigenvalue weighted by molar-refractivity contribution is 0.424. The fourth-order valence-corrected chi connectivity index (χ4v) is 2.35. The van der Waals surface area contributed by atoms with E-state index in [4.69, 9.17) is 11.6 Å². The van der Waals surface area contributed by atoms with Gasteiger partial charge in [0.05, 0.1) is 5.02 Å². The van der Waals surface area contributed by atoms with Crippen LogP contribution in [0.3, 0.4) is 0 Å². The third-order valence-corrected chi connectivity index (χ3v) is 3.89. The molecule has 0 saturated carbocycles. The molecule has 1 heterocycles. The molecule has 120 valence electrons. The maximum Gasteiger partial charge on any atom is 0.147 e. The van der Waals surface area contributed by atoms with E-state index in [0.717, 1.165) is 36.0 Å². The van der Waals surface area contributed by atoms with Crippen LogP contribution < -0.4 is 10.2 Å². The number of hydrogen-bond donors (Lipinski definition) is 1. The van der Waals surface area contributed by atoms with Gasteiger partial charge in [-0.05, 0) is 45.2 Å². The zero-order valence-electron chi connectivity index (χ0n) is 14.3. The average Bonchev–Trinajstić information content (AvgIpc) is 2.42. The first-order valence-electron chi connectivity index (χ1n) is 7.91. The third kappa shape index (κ3) is 6.23. The molecular formula is C17H30ClN3. The number of anilines is 1. The fourth-order valence-electron chi connectivity index (χ4n) is 2.04. The number of halogens is 1. The minimum Gasteiger partial charge on any atom is -0.355 e. The Bertz CT molecular complexity index is 440. The van der Waals surface area contributed by atoms with Crippen LogP contribution >= 0.6 is 11.6 Å². The van der Waals surface area contributed by atoms with Crippen molar-refractivity contribution in [3.05, 3.63) is 22.8 Å². The topological polar surface area (TPSA) is 28.2 Å². The minimum absolute atomic E-state index is 0.0944. The van der Waals surface area contributed by atoms with Crippen molar-refractivity contribution in [2.24, 2.45) is 5.92 Å². The Morgan fingerprint density at radius 1 is 1.33 bits per heavy atom. The van der Waals surface area contributed by atoms with Crippen molar-refractivity contribution < 1.29 is 0 Å². The molecule has 1 atom stereocenters. The van der Waals surface area contributed by atoms with Crippen LogP contribution in [0.2, 0.25) is 5.02 Å². The molecule has 1 N–H and O–H groups in total. The number of aromatic nitrogens is 1. The van der Waals surface area contributed by atoms with Gasteiger partial charge in [-0.1, -0.05) is 31.9 Å². The zero-order valence-corrected chi connectivity index (χ0v) is 15.1.